The molecule has 0 spiro atoms. The van der Waals surface area contributed by atoms with Gasteiger partial charge in [0.1, 0.15) is 0 Å². The minimum Gasteiger partial charge on any atom is -0.369 e. The Labute approximate surface area is 164 Å². The van der Waals surface area contributed by atoms with Crippen LogP contribution in [-0.2, 0) is 4.79 Å². The molecular weight excluding hydrogens is 395 g/mol. The number of fused-ring (bicyclic) bond motifs is 1. The van der Waals surface area contributed by atoms with E-state index in [0.717, 1.165) is 0 Å². The van der Waals surface area contributed by atoms with Gasteiger partial charge in [0, 0.05) is 42.0 Å². The number of piperidine rings is 1. The number of pyridine rings is 1. The number of halogens is 5. The van der Waals surface area contributed by atoms with Crippen LogP contribution in [0.4, 0.5) is 27.6 Å². The first-order valence-corrected chi connectivity index (χ1v) is 9.11. The van der Waals surface area contributed by atoms with Gasteiger partial charge in [0.2, 0.25) is 5.91 Å². The van der Waals surface area contributed by atoms with Gasteiger partial charge in [-0.05, 0) is 36.6 Å². The van der Waals surface area contributed by atoms with Gasteiger partial charge in [0.25, 0.3) is 6.43 Å². The Kier molecular flexibility index (Phi) is 5.92. The minimum absolute atomic E-state index is 0.0534. The molecular formula is C19H21F5N4O. The van der Waals surface area contributed by atoms with Crippen molar-refractivity contribution >= 4 is 22.5 Å². The van der Waals surface area contributed by atoms with Crippen molar-refractivity contribution in [3.05, 3.63) is 36.0 Å². The Bertz CT molecular complexity index is 889. The van der Waals surface area contributed by atoms with Gasteiger partial charge in [-0.2, -0.15) is 13.2 Å². The lowest BCUT2D eigenvalue weighted by Gasteiger charge is -2.39. The highest BCUT2D eigenvalue weighted by molar-refractivity contribution is 5.94. The van der Waals surface area contributed by atoms with Crippen LogP contribution in [0.3, 0.4) is 0 Å². The first-order chi connectivity index (χ1) is 13.6. The molecule has 0 aliphatic carbocycles. The molecule has 5 nitrogen and oxygen atoms in total. The highest BCUT2D eigenvalue weighted by Gasteiger charge is 2.43. The second-order valence-electron chi connectivity index (χ2n) is 7.34. The summed E-state index contributed by atoms with van der Waals surface area (Å²) in [5, 5.41) is 2.90. The Balaban J connectivity index is 1.86. The van der Waals surface area contributed by atoms with Crippen molar-refractivity contribution in [1.29, 1.82) is 0 Å². The fourth-order valence-corrected chi connectivity index (χ4v) is 3.72. The van der Waals surface area contributed by atoms with Crippen LogP contribution in [0.25, 0.3) is 10.9 Å². The molecule has 3 N–H and O–H groups in total. The Morgan fingerprint density at radius 3 is 2.66 bits per heavy atom. The molecule has 1 aromatic heterocycles. The molecule has 2 aromatic rings. The van der Waals surface area contributed by atoms with Gasteiger partial charge < -0.3 is 16.0 Å². The first-order valence-electron chi connectivity index (χ1n) is 9.11. The zero-order valence-corrected chi connectivity index (χ0v) is 15.6. The van der Waals surface area contributed by atoms with Gasteiger partial charge >= 0.3 is 6.18 Å². The maximum atomic E-state index is 13.3. The third kappa shape index (κ3) is 4.58. The van der Waals surface area contributed by atoms with Crippen molar-refractivity contribution in [2.24, 2.45) is 11.7 Å². The number of nitrogens with one attached hydrogen (secondary N) is 1. The van der Waals surface area contributed by atoms with Crippen LogP contribution >= 0.6 is 0 Å². The van der Waals surface area contributed by atoms with Crippen LogP contribution in [-0.4, -0.2) is 42.2 Å². The standard InChI is InChI=1S/C19H21F5N4O/c1-10-7-11(27-18(29)16(25)19(22,23)24)9-28(8-10)14-5-4-13(17(20)21)15-12(14)3-2-6-26-15/h2-6,10-11,16-17H,7-9,25H2,1H3,(H,27,29)/t10-,11+,16+/m0/s1. The number of carbonyl (C=O) groups is 1. The van der Waals surface area contributed by atoms with Crippen LogP contribution in [0.2, 0.25) is 0 Å². The van der Waals surface area contributed by atoms with Crippen molar-refractivity contribution in [2.75, 3.05) is 18.0 Å². The van der Waals surface area contributed by atoms with E-state index in [2.05, 4.69) is 10.3 Å². The number of nitrogens with two attached hydrogens (primary N) is 1. The van der Waals surface area contributed by atoms with E-state index >= 15 is 0 Å². The van der Waals surface area contributed by atoms with E-state index in [0.29, 0.717) is 24.0 Å². The van der Waals surface area contributed by atoms with Crippen molar-refractivity contribution in [2.45, 2.75) is 38.0 Å². The molecule has 158 valence electrons. The quantitative estimate of drug-likeness (QED) is 0.750. The number of anilines is 1. The molecule has 0 radical (unpaired) electrons. The zero-order chi connectivity index (χ0) is 21.3. The van der Waals surface area contributed by atoms with Gasteiger partial charge in [-0.25, -0.2) is 8.78 Å². The van der Waals surface area contributed by atoms with Gasteiger partial charge in [-0.15, -0.1) is 0 Å². The molecule has 3 atom stereocenters. The van der Waals surface area contributed by atoms with E-state index in [1.54, 1.807) is 18.2 Å². The summed E-state index contributed by atoms with van der Waals surface area (Å²) in [5.41, 5.74) is 5.62. The first kappa shape index (κ1) is 21.2. The maximum Gasteiger partial charge on any atom is 0.412 e. The van der Waals surface area contributed by atoms with E-state index in [1.807, 2.05) is 11.8 Å². The number of rotatable bonds is 4. The van der Waals surface area contributed by atoms with Crippen molar-refractivity contribution in [3.63, 3.8) is 0 Å². The number of aromatic nitrogens is 1. The second kappa shape index (κ2) is 8.10. The number of amides is 1. The molecule has 3 rings (SSSR count). The zero-order valence-electron chi connectivity index (χ0n) is 15.6. The number of carbonyl (C=O) groups excluding carboxylic acids is 1. The van der Waals surface area contributed by atoms with Crippen LogP contribution < -0.4 is 16.0 Å². The molecule has 1 amide bonds. The average Bonchev–Trinajstić information content (AvgIpc) is 2.65. The normalized spacial score (nSPS) is 21.4. The number of alkyl halides is 5. The Morgan fingerprint density at radius 2 is 2.00 bits per heavy atom. The Hall–Kier alpha value is -2.49. The monoisotopic (exact) mass is 416 g/mol. The largest absolute Gasteiger partial charge is 0.412 e. The van der Waals surface area contributed by atoms with Crippen molar-refractivity contribution in [1.82, 2.24) is 10.3 Å². The van der Waals surface area contributed by atoms with Crippen LogP contribution in [0.5, 0.6) is 0 Å². The van der Waals surface area contributed by atoms with Gasteiger partial charge in [-0.1, -0.05) is 6.92 Å². The van der Waals surface area contributed by atoms with E-state index in [1.165, 1.54) is 12.3 Å². The molecule has 1 fully saturated rings. The summed E-state index contributed by atoms with van der Waals surface area (Å²) in [6.07, 6.45) is -5.59. The van der Waals surface area contributed by atoms with E-state index in [4.69, 9.17) is 5.73 Å². The molecule has 1 aromatic carbocycles. The van der Waals surface area contributed by atoms with Crippen LogP contribution in [0, 0.1) is 5.92 Å². The van der Waals surface area contributed by atoms with Crippen LogP contribution in [0.1, 0.15) is 25.3 Å². The van der Waals surface area contributed by atoms with Gasteiger partial charge in [0.05, 0.1) is 5.52 Å². The molecule has 0 saturated carbocycles. The predicted molar refractivity (Wildman–Crippen MR) is 98.7 cm³/mol. The fraction of sp³-hybridized carbons (Fsp3) is 0.474. The maximum absolute atomic E-state index is 13.3. The molecule has 0 unspecified atom stereocenters. The van der Waals surface area contributed by atoms with Crippen LogP contribution in [0.15, 0.2) is 30.5 Å². The summed E-state index contributed by atoms with van der Waals surface area (Å²) in [4.78, 5) is 17.8. The van der Waals surface area contributed by atoms with E-state index in [-0.39, 0.29) is 23.5 Å². The third-order valence-electron chi connectivity index (χ3n) is 4.99. The molecule has 1 aliphatic rings. The summed E-state index contributed by atoms with van der Waals surface area (Å²) in [5.74, 6) is -1.23. The van der Waals surface area contributed by atoms with E-state index in [9.17, 15) is 26.7 Å². The third-order valence-corrected chi connectivity index (χ3v) is 4.99. The molecule has 0 bridgehead atoms. The predicted octanol–water partition coefficient (Wildman–Crippen LogP) is 3.39. The fourth-order valence-electron chi connectivity index (χ4n) is 3.72. The summed E-state index contributed by atoms with van der Waals surface area (Å²) in [6, 6.07) is 3.03. The van der Waals surface area contributed by atoms with Crippen molar-refractivity contribution in [3.8, 4) is 0 Å². The average molecular weight is 416 g/mol. The number of hydrogen-bond acceptors (Lipinski definition) is 4. The topological polar surface area (TPSA) is 71.2 Å². The van der Waals surface area contributed by atoms with Gasteiger partial charge in [0.15, 0.2) is 6.04 Å². The Morgan fingerprint density at radius 1 is 1.28 bits per heavy atom. The van der Waals surface area contributed by atoms with Gasteiger partial charge in [-0.3, -0.25) is 9.78 Å². The smallest absolute Gasteiger partial charge is 0.369 e. The van der Waals surface area contributed by atoms with E-state index < -0.39 is 30.6 Å². The molecule has 29 heavy (non-hydrogen) atoms. The number of hydrogen-bond donors (Lipinski definition) is 2. The second-order valence-corrected chi connectivity index (χ2v) is 7.34. The number of nitrogens with zero attached hydrogens (tertiary/aromatic N) is 2. The van der Waals surface area contributed by atoms with Crippen molar-refractivity contribution < 1.29 is 26.7 Å². The lowest BCUT2D eigenvalue weighted by molar-refractivity contribution is -0.163. The SMILES string of the molecule is C[C@H]1C[C@@H](NC(=O)[C@@H](N)C(F)(F)F)CN(c2ccc(C(F)F)c3ncccc23)C1. The highest BCUT2D eigenvalue weighted by Crippen LogP contribution is 2.34. The minimum atomic E-state index is -4.82. The molecule has 1 aliphatic heterocycles. The summed E-state index contributed by atoms with van der Waals surface area (Å²) < 4.78 is 64.7. The molecule has 1 saturated heterocycles. The highest BCUT2D eigenvalue weighted by atomic mass is 19.4. The molecule has 2 heterocycles. The lowest BCUT2D eigenvalue weighted by atomic mass is 9.94. The summed E-state index contributed by atoms with van der Waals surface area (Å²) in [6.45, 7) is 2.71. The molecule has 10 heteroatoms. The summed E-state index contributed by atoms with van der Waals surface area (Å²) in [7, 11) is 0. The lowest BCUT2D eigenvalue weighted by Crippen LogP contribution is -2.57. The summed E-state index contributed by atoms with van der Waals surface area (Å²) >= 11 is 0. The number of benzene rings is 1.